The zero-order valence-corrected chi connectivity index (χ0v) is 8.58. The molecule has 1 rings (SSSR count). The number of nitrogens with zero attached hydrogens (tertiary/aromatic N) is 1. The predicted octanol–water partition coefficient (Wildman–Crippen LogP) is 2.27. The molecule has 1 radical (unpaired) electrons. The van der Waals surface area contributed by atoms with E-state index in [4.69, 9.17) is 0 Å². The van der Waals surface area contributed by atoms with E-state index in [9.17, 15) is 4.79 Å². The van der Waals surface area contributed by atoms with Crippen LogP contribution in [0.3, 0.4) is 0 Å². The minimum absolute atomic E-state index is 0.0521. The largest absolute Gasteiger partial charge is 0.311 e. The van der Waals surface area contributed by atoms with Crippen LogP contribution in [0.2, 0.25) is 0 Å². The molecule has 0 saturated heterocycles. The van der Waals surface area contributed by atoms with Gasteiger partial charge in [-0.15, -0.1) is 0 Å². The second-order valence-corrected chi connectivity index (χ2v) is 4.10. The van der Waals surface area contributed by atoms with Gasteiger partial charge in [0.15, 0.2) is 0 Å². The van der Waals surface area contributed by atoms with Crippen molar-refractivity contribution in [2.24, 2.45) is 5.41 Å². The van der Waals surface area contributed by atoms with Gasteiger partial charge >= 0.3 is 0 Å². The molecule has 1 amide bonds. The fraction of sp³-hybridized carbons (Fsp3) is 0.364. The molecule has 0 atom stereocenters. The van der Waals surface area contributed by atoms with Gasteiger partial charge < -0.3 is 5.32 Å². The Bertz CT molecular complexity index is 301. The number of amides is 1. The topological polar surface area (TPSA) is 42.0 Å². The molecule has 1 aromatic rings. The number of carbonyl (C=O) groups is 1. The predicted molar refractivity (Wildman–Crippen MR) is 56.6 cm³/mol. The summed E-state index contributed by atoms with van der Waals surface area (Å²) in [7, 11) is 0. The van der Waals surface area contributed by atoms with Crippen molar-refractivity contribution >= 4 is 11.7 Å². The van der Waals surface area contributed by atoms with Gasteiger partial charge in [-0.1, -0.05) is 19.9 Å². The number of hydrogen-bond donors (Lipinski definition) is 1. The van der Waals surface area contributed by atoms with E-state index < -0.39 is 0 Å². The van der Waals surface area contributed by atoms with Crippen LogP contribution in [-0.2, 0) is 4.79 Å². The number of rotatable bonds is 3. The summed E-state index contributed by atoms with van der Waals surface area (Å²) in [5, 5.41) is 2.71. The monoisotopic (exact) mass is 191 g/mol. The van der Waals surface area contributed by atoms with Crippen molar-refractivity contribution < 1.29 is 4.79 Å². The Labute approximate surface area is 84.6 Å². The van der Waals surface area contributed by atoms with Gasteiger partial charge in [-0.05, 0) is 24.5 Å². The van der Waals surface area contributed by atoms with Crippen LogP contribution in [0.25, 0.3) is 0 Å². The van der Waals surface area contributed by atoms with Crippen molar-refractivity contribution in [3.8, 4) is 0 Å². The van der Waals surface area contributed by atoms with Crippen molar-refractivity contribution in [3.63, 3.8) is 0 Å². The molecule has 75 valence electrons. The Kier molecular flexibility index (Phi) is 3.23. The highest BCUT2D eigenvalue weighted by molar-refractivity contribution is 5.90. The average molecular weight is 191 g/mol. The summed E-state index contributed by atoms with van der Waals surface area (Å²) in [5.41, 5.74) is -0.237. The zero-order valence-electron chi connectivity index (χ0n) is 8.58. The molecule has 0 saturated carbocycles. The average Bonchev–Trinajstić information content (AvgIpc) is 2.02. The first-order valence-electron chi connectivity index (χ1n) is 4.54. The smallest absolute Gasteiger partial charge is 0.226 e. The maximum atomic E-state index is 11.4. The maximum absolute atomic E-state index is 11.4. The summed E-state index contributed by atoms with van der Waals surface area (Å²) in [5.74, 6) is 0.533. The van der Waals surface area contributed by atoms with Gasteiger partial charge in [-0.3, -0.25) is 4.79 Å². The highest BCUT2D eigenvalue weighted by Gasteiger charge is 2.15. The van der Waals surface area contributed by atoms with E-state index in [1.807, 2.05) is 19.9 Å². The summed E-state index contributed by atoms with van der Waals surface area (Å²) >= 11 is 0. The molecule has 0 aromatic carbocycles. The molecule has 0 spiro atoms. The summed E-state index contributed by atoms with van der Waals surface area (Å²) < 4.78 is 0. The van der Waals surface area contributed by atoms with E-state index in [0.717, 1.165) is 0 Å². The first kappa shape index (κ1) is 10.7. The van der Waals surface area contributed by atoms with Crippen LogP contribution >= 0.6 is 0 Å². The third kappa shape index (κ3) is 4.03. The molecule has 14 heavy (non-hydrogen) atoms. The quantitative estimate of drug-likeness (QED) is 0.796. The van der Waals surface area contributed by atoms with E-state index in [0.29, 0.717) is 12.2 Å². The van der Waals surface area contributed by atoms with Crippen LogP contribution in [0, 0.1) is 12.3 Å². The van der Waals surface area contributed by atoms with Gasteiger partial charge in [0.25, 0.3) is 0 Å². The molecule has 1 heterocycles. The van der Waals surface area contributed by atoms with Gasteiger partial charge in [0.1, 0.15) is 5.82 Å². The molecular weight excluding hydrogens is 176 g/mol. The molecule has 3 nitrogen and oxygen atoms in total. The number of carbonyl (C=O) groups excluding carboxylic acids is 1. The molecule has 3 heteroatoms. The van der Waals surface area contributed by atoms with Gasteiger partial charge in [0.05, 0.1) is 0 Å². The highest BCUT2D eigenvalue weighted by atomic mass is 16.1. The Morgan fingerprint density at radius 3 is 2.79 bits per heavy atom. The first-order chi connectivity index (χ1) is 6.47. The standard InChI is InChI=1S/C11H15N2O/c1-11(2,3)8-10(14)13-9-6-4-5-7-12-9/h4-7H,1,8H2,2-3H3,(H,12,13,14). The molecule has 0 aliphatic rings. The SMILES string of the molecule is [CH2]C(C)(C)CC(=O)Nc1ccccn1. The zero-order chi connectivity index (χ0) is 10.6. The number of anilines is 1. The van der Waals surface area contributed by atoms with Crippen molar-refractivity contribution in [3.05, 3.63) is 31.3 Å². The Hall–Kier alpha value is -1.38. The van der Waals surface area contributed by atoms with Gasteiger partial charge in [0.2, 0.25) is 5.91 Å². The summed E-state index contributed by atoms with van der Waals surface area (Å²) in [4.78, 5) is 15.4. The number of aromatic nitrogens is 1. The summed E-state index contributed by atoms with van der Waals surface area (Å²) in [6.45, 7) is 7.71. The normalized spacial score (nSPS) is 11.1. The molecule has 0 unspecified atom stereocenters. The molecule has 0 aliphatic carbocycles. The summed E-state index contributed by atoms with van der Waals surface area (Å²) in [6.07, 6.45) is 2.04. The minimum atomic E-state index is -0.237. The van der Waals surface area contributed by atoms with E-state index in [-0.39, 0.29) is 11.3 Å². The van der Waals surface area contributed by atoms with Crippen LogP contribution in [0.5, 0.6) is 0 Å². The van der Waals surface area contributed by atoms with Crippen LogP contribution in [0.1, 0.15) is 20.3 Å². The molecular formula is C11H15N2O. The number of pyridine rings is 1. The fourth-order valence-corrected chi connectivity index (χ4v) is 1.06. The second kappa shape index (κ2) is 4.22. The molecule has 0 fully saturated rings. The van der Waals surface area contributed by atoms with Crippen molar-refractivity contribution in [2.75, 3.05) is 5.32 Å². The van der Waals surface area contributed by atoms with Crippen molar-refractivity contribution in [2.45, 2.75) is 20.3 Å². The van der Waals surface area contributed by atoms with Crippen LogP contribution in [0.15, 0.2) is 24.4 Å². The number of hydrogen-bond acceptors (Lipinski definition) is 2. The second-order valence-electron chi connectivity index (χ2n) is 4.10. The Morgan fingerprint density at radius 2 is 2.29 bits per heavy atom. The van der Waals surface area contributed by atoms with E-state index in [1.165, 1.54) is 0 Å². The summed E-state index contributed by atoms with van der Waals surface area (Å²) in [6, 6.07) is 5.40. The number of nitrogens with one attached hydrogen (secondary N) is 1. The molecule has 0 aliphatic heterocycles. The highest BCUT2D eigenvalue weighted by Crippen LogP contribution is 2.18. The third-order valence-corrected chi connectivity index (χ3v) is 1.57. The lowest BCUT2D eigenvalue weighted by atomic mass is 9.92. The Balaban J connectivity index is 2.50. The molecule has 1 N–H and O–H groups in total. The fourth-order valence-electron chi connectivity index (χ4n) is 1.06. The van der Waals surface area contributed by atoms with Crippen molar-refractivity contribution in [1.29, 1.82) is 0 Å². The Morgan fingerprint density at radius 1 is 1.57 bits per heavy atom. The maximum Gasteiger partial charge on any atom is 0.226 e. The minimum Gasteiger partial charge on any atom is -0.311 e. The van der Waals surface area contributed by atoms with Crippen LogP contribution in [0.4, 0.5) is 5.82 Å². The van der Waals surface area contributed by atoms with E-state index in [1.54, 1.807) is 18.3 Å². The van der Waals surface area contributed by atoms with E-state index in [2.05, 4.69) is 17.2 Å². The van der Waals surface area contributed by atoms with Crippen molar-refractivity contribution in [1.82, 2.24) is 4.98 Å². The van der Waals surface area contributed by atoms with E-state index >= 15 is 0 Å². The lowest BCUT2D eigenvalue weighted by Crippen LogP contribution is -2.20. The van der Waals surface area contributed by atoms with Gasteiger partial charge in [0, 0.05) is 12.6 Å². The lowest BCUT2D eigenvalue weighted by molar-refractivity contribution is -0.117. The van der Waals surface area contributed by atoms with Gasteiger partial charge in [-0.2, -0.15) is 0 Å². The molecule has 1 aromatic heterocycles. The third-order valence-electron chi connectivity index (χ3n) is 1.57. The molecule has 0 bridgehead atoms. The van der Waals surface area contributed by atoms with Gasteiger partial charge in [-0.25, -0.2) is 4.98 Å². The first-order valence-corrected chi connectivity index (χ1v) is 4.54. The van der Waals surface area contributed by atoms with Crippen LogP contribution < -0.4 is 5.32 Å². The lowest BCUT2D eigenvalue weighted by Gasteiger charge is -2.16. The van der Waals surface area contributed by atoms with Crippen LogP contribution in [-0.4, -0.2) is 10.9 Å².